The van der Waals surface area contributed by atoms with E-state index >= 15 is 0 Å². The molecule has 0 heterocycles. The first-order chi connectivity index (χ1) is 24.6. The van der Waals surface area contributed by atoms with Gasteiger partial charge in [-0.3, -0.25) is 29.4 Å². The summed E-state index contributed by atoms with van der Waals surface area (Å²) in [5, 5.41) is 39.8. The third-order valence-electron chi connectivity index (χ3n) is 7.59. The summed E-state index contributed by atoms with van der Waals surface area (Å²) in [6.45, 7) is 9.82. The Morgan fingerprint density at radius 1 is 0.865 bits per heavy atom. The predicted molar refractivity (Wildman–Crippen MR) is 194 cm³/mol. The number of hydrogen-bond acceptors (Lipinski definition) is 11. The number of carbonyl (C=O) groups excluding carboxylic acids is 5. The van der Waals surface area contributed by atoms with E-state index in [1.807, 2.05) is 13.8 Å². The van der Waals surface area contributed by atoms with Crippen LogP contribution in [0.3, 0.4) is 0 Å². The zero-order chi connectivity index (χ0) is 39.0. The SMILES string of the molecule is C=NN/C(=N\N)C(=O)NC[C@H](N)C(=O)N[C@H](C(=O)N[C@@H](CC(C)C)C(=O)N[C@@H](Cc1ccccc1)[C@@H](O)C(=O)Nc1cccc(C(=O)O)c1)C(C)C. The van der Waals surface area contributed by atoms with Crippen LogP contribution in [0.15, 0.2) is 64.8 Å². The number of benzene rings is 2. The Bertz CT molecular complexity index is 1600. The van der Waals surface area contributed by atoms with Crippen LogP contribution in [-0.2, 0) is 30.4 Å². The lowest BCUT2D eigenvalue weighted by Crippen LogP contribution is -2.60. The van der Waals surface area contributed by atoms with Gasteiger partial charge in [-0.2, -0.15) is 10.2 Å². The number of amides is 5. The van der Waals surface area contributed by atoms with E-state index in [9.17, 15) is 39.0 Å². The molecule has 0 saturated carbocycles. The van der Waals surface area contributed by atoms with Crippen molar-refractivity contribution in [1.29, 1.82) is 0 Å². The highest BCUT2D eigenvalue weighted by molar-refractivity contribution is 6.37. The summed E-state index contributed by atoms with van der Waals surface area (Å²) in [5.41, 5.74) is 8.87. The van der Waals surface area contributed by atoms with Crippen molar-refractivity contribution in [3.05, 3.63) is 65.7 Å². The Kier molecular flexibility index (Phi) is 16.8. The van der Waals surface area contributed by atoms with Gasteiger partial charge in [0.1, 0.15) is 18.1 Å². The molecule has 0 aliphatic rings. The molecule has 18 heteroatoms. The molecule has 282 valence electrons. The lowest BCUT2D eigenvalue weighted by molar-refractivity contribution is -0.134. The number of aliphatic hydroxyl groups is 1. The quantitative estimate of drug-likeness (QED) is 0.0385. The summed E-state index contributed by atoms with van der Waals surface area (Å²) >= 11 is 0. The smallest absolute Gasteiger partial charge is 0.335 e. The number of rotatable bonds is 18. The Morgan fingerprint density at radius 2 is 1.54 bits per heavy atom. The van der Waals surface area contributed by atoms with Crippen molar-refractivity contribution in [1.82, 2.24) is 26.7 Å². The molecule has 0 spiro atoms. The van der Waals surface area contributed by atoms with Gasteiger partial charge in [-0.25, -0.2) is 4.79 Å². The Morgan fingerprint density at radius 3 is 2.12 bits per heavy atom. The third-order valence-corrected chi connectivity index (χ3v) is 7.59. The number of carbonyl (C=O) groups is 6. The maximum absolute atomic E-state index is 13.8. The van der Waals surface area contributed by atoms with Crippen molar-refractivity contribution in [3.63, 3.8) is 0 Å². The molecule has 0 saturated heterocycles. The zero-order valence-electron chi connectivity index (χ0n) is 29.5. The van der Waals surface area contributed by atoms with E-state index in [2.05, 4.69) is 48.9 Å². The molecule has 2 aromatic carbocycles. The fourth-order valence-corrected chi connectivity index (χ4v) is 4.87. The van der Waals surface area contributed by atoms with Gasteiger partial charge in [-0.1, -0.05) is 64.1 Å². The Labute approximate surface area is 301 Å². The van der Waals surface area contributed by atoms with E-state index in [0.29, 0.717) is 5.56 Å². The number of anilines is 1. The first-order valence-electron chi connectivity index (χ1n) is 16.4. The van der Waals surface area contributed by atoms with Crippen LogP contribution in [0.1, 0.15) is 50.0 Å². The maximum atomic E-state index is 13.8. The van der Waals surface area contributed by atoms with Gasteiger partial charge in [0.15, 0.2) is 6.10 Å². The molecule has 12 N–H and O–H groups in total. The molecule has 0 bridgehead atoms. The molecule has 2 aromatic rings. The van der Waals surface area contributed by atoms with Crippen LogP contribution in [0.5, 0.6) is 0 Å². The second-order valence-electron chi connectivity index (χ2n) is 12.6. The molecule has 2 rings (SSSR count). The summed E-state index contributed by atoms with van der Waals surface area (Å²) in [5.74, 6) is -0.899. The number of aromatic carboxylic acids is 1. The number of nitrogens with one attached hydrogen (secondary N) is 6. The highest BCUT2D eigenvalue weighted by atomic mass is 16.4. The van der Waals surface area contributed by atoms with Gasteiger partial charge in [0.25, 0.3) is 11.8 Å². The van der Waals surface area contributed by atoms with Crippen molar-refractivity contribution in [2.75, 3.05) is 11.9 Å². The van der Waals surface area contributed by atoms with Gasteiger partial charge < -0.3 is 48.4 Å². The van der Waals surface area contributed by atoms with E-state index in [4.69, 9.17) is 11.6 Å². The largest absolute Gasteiger partial charge is 0.478 e. The highest BCUT2D eigenvalue weighted by Crippen LogP contribution is 2.15. The van der Waals surface area contributed by atoms with Crippen LogP contribution in [0, 0.1) is 11.8 Å². The van der Waals surface area contributed by atoms with Crippen molar-refractivity contribution >= 4 is 53.7 Å². The van der Waals surface area contributed by atoms with Gasteiger partial charge in [0, 0.05) is 18.9 Å². The van der Waals surface area contributed by atoms with Crippen LogP contribution in [0.25, 0.3) is 0 Å². The molecular weight excluding hydrogens is 676 g/mol. The molecule has 0 fully saturated rings. The number of aliphatic hydroxyl groups excluding tert-OH is 1. The fourth-order valence-electron chi connectivity index (χ4n) is 4.87. The molecule has 52 heavy (non-hydrogen) atoms. The van der Waals surface area contributed by atoms with E-state index in [1.165, 1.54) is 24.3 Å². The van der Waals surface area contributed by atoms with Gasteiger partial charge in [0.05, 0.1) is 11.6 Å². The van der Waals surface area contributed by atoms with Crippen LogP contribution in [-0.4, -0.2) is 95.1 Å². The van der Waals surface area contributed by atoms with Gasteiger partial charge in [-0.15, -0.1) is 0 Å². The predicted octanol–water partition coefficient (Wildman–Crippen LogP) is -0.996. The van der Waals surface area contributed by atoms with Crippen molar-refractivity contribution in [3.8, 4) is 0 Å². The lowest BCUT2D eigenvalue weighted by Gasteiger charge is -2.29. The topological polar surface area (TPSA) is 292 Å². The van der Waals surface area contributed by atoms with Crippen molar-refractivity contribution in [2.24, 2.45) is 33.6 Å². The summed E-state index contributed by atoms with van der Waals surface area (Å²) in [4.78, 5) is 77.1. The third kappa shape index (κ3) is 13.4. The molecular formula is C34H48N10O8. The number of hydrogen-bond donors (Lipinski definition) is 10. The normalized spacial score (nSPS) is 14.2. The molecule has 0 aliphatic heterocycles. The minimum Gasteiger partial charge on any atom is -0.478 e. The van der Waals surface area contributed by atoms with Gasteiger partial charge in [0.2, 0.25) is 23.6 Å². The summed E-state index contributed by atoms with van der Waals surface area (Å²) < 4.78 is 0. The van der Waals surface area contributed by atoms with E-state index in [0.717, 1.165) is 0 Å². The Hall–Kier alpha value is -5.88. The molecule has 0 unspecified atom stereocenters. The summed E-state index contributed by atoms with van der Waals surface area (Å²) in [6, 6.07) is 9.47. The molecule has 18 nitrogen and oxygen atoms in total. The number of nitrogens with zero attached hydrogens (tertiary/aromatic N) is 2. The molecule has 5 amide bonds. The standard InChI is InChI=1S/C34H48N10O8/c1-18(2)14-25(41-31(48)26(19(3)4)42-29(46)23(35)17-38-33(50)28(43-36)44-37-5)30(47)40-24(15-20-10-7-6-8-11-20)27(45)32(49)39-22-13-9-12-21(16-22)34(51)52/h6-13,16,18-19,23-27,45H,5,14-15,17,35-36H2,1-4H3,(H,38,50)(H,39,49)(H,40,47)(H,41,48)(H,42,46)(H,43,44)(H,51,52)/t23-,24-,25-,26-,27+/m0/s1. The minimum atomic E-state index is -1.80. The second kappa shape index (κ2) is 20.7. The fraction of sp³-hybridized carbons (Fsp3) is 0.412. The van der Waals surface area contributed by atoms with E-state index < -0.39 is 71.7 Å². The minimum absolute atomic E-state index is 0.0244. The molecule has 5 atom stereocenters. The second-order valence-corrected chi connectivity index (χ2v) is 12.6. The maximum Gasteiger partial charge on any atom is 0.335 e. The molecule has 0 radical (unpaired) electrons. The van der Waals surface area contributed by atoms with Crippen molar-refractivity contribution in [2.45, 2.75) is 70.8 Å². The molecule has 0 aliphatic carbocycles. The number of hydrazone groups is 2. The number of carboxylic acid groups (broad SMARTS) is 1. The number of nitrogens with two attached hydrogens (primary N) is 2. The first kappa shape index (κ1) is 42.3. The number of amidine groups is 1. The van der Waals surface area contributed by atoms with Crippen LogP contribution in [0.2, 0.25) is 0 Å². The van der Waals surface area contributed by atoms with E-state index in [-0.39, 0.29) is 42.4 Å². The lowest BCUT2D eigenvalue weighted by atomic mass is 9.97. The van der Waals surface area contributed by atoms with Crippen LogP contribution in [0.4, 0.5) is 5.69 Å². The monoisotopic (exact) mass is 724 g/mol. The van der Waals surface area contributed by atoms with Gasteiger partial charge >= 0.3 is 5.97 Å². The summed E-state index contributed by atoms with van der Waals surface area (Å²) in [6.07, 6.45) is -1.62. The Balaban J connectivity index is 2.23. The van der Waals surface area contributed by atoms with Gasteiger partial charge in [-0.05, 0) is 48.4 Å². The average Bonchev–Trinajstić information content (AvgIpc) is 3.10. The average molecular weight is 725 g/mol. The molecule has 0 aromatic heterocycles. The van der Waals surface area contributed by atoms with Crippen molar-refractivity contribution < 1.29 is 39.0 Å². The summed E-state index contributed by atoms with van der Waals surface area (Å²) in [7, 11) is 0. The van der Waals surface area contributed by atoms with Crippen LogP contribution < -0.4 is 43.6 Å². The number of carboxylic acids is 1. The first-order valence-corrected chi connectivity index (χ1v) is 16.4. The van der Waals surface area contributed by atoms with E-state index in [1.54, 1.807) is 44.2 Å². The highest BCUT2D eigenvalue weighted by Gasteiger charge is 2.34. The zero-order valence-corrected chi connectivity index (χ0v) is 29.5. The van der Waals surface area contributed by atoms with Crippen LogP contribution >= 0.6 is 0 Å².